The Morgan fingerprint density at radius 1 is 0.161 bits per heavy atom. The van der Waals surface area contributed by atoms with Crippen molar-refractivity contribution in [2.45, 2.75) is 116 Å². The van der Waals surface area contributed by atoms with Crippen LogP contribution in [0, 0.1) is 27.7 Å². The molecule has 0 amide bonds. The van der Waals surface area contributed by atoms with Crippen LogP contribution in [0.3, 0.4) is 0 Å². The maximum absolute atomic E-state index is 2.57. The van der Waals surface area contributed by atoms with E-state index in [2.05, 4.69) is 387 Å². The number of aryl methyl sites for hydroxylation is 16. The molecule has 8 aliphatic carbocycles. The summed E-state index contributed by atoms with van der Waals surface area (Å²) in [5.74, 6) is 0. The highest BCUT2D eigenvalue weighted by molar-refractivity contribution is 5.95. The second-order valence-corrected chi connectivity index (χ2v) is 34.6. The maximum atomic E-state index is 2.57. The van der Waals surface area contributed by atoms with Crippen LogP contribution in [-0.4, -0.2) is 0 Å². The van der Waals surface area contributed by atoms with Gasteiger partial charge in [0.2, 0.25) is 0 Å². The van der Waals surface area contributed by atoms with Gasteiger partial charge in [-0.3, -0.25) is 0 Å². The minimum absolute atomic E-state index is 0.537. The Labute approximate surface area is 694 Å². The Kier molecular flexibility index (Phi) is 16.5. The lowest BCUT2D eigenvalue weighted by atomic mass is 9.65. The van der Waals surface area contributed by atoms with Gasteiger partial charge in [0.05, 0.1) is 10.8 Å². The summed E-state index contributed by atoms with van der Waals surface area (Å²) in [6, 6.07) is 131. The molecule has 0 atom stereocenters. The first kappa shape index (κ1) is 70.2. The highest BCUT2D eigenvalue weighted by Gasteiger charge is 2.50. The topological polar surface area (TPSA) is 13.0 Å². The molecule has 0 saturated carbocycles. The van der Waals surface area contributed by atoms with Crippen LogP contribution >= 0.6 is 0 Å². The highest BCUT2D eigenvalue weighted by Crippen LogP contribution is 2.62. The molecule has 0 aromatic heterocycles. The van der Waals surface area contributed by atoms with Crippen LogP contribution in [-0.2, 0) is 87.9 Å². The van der Waals surface area contributed by atoms with Gasteiger partial charge in [0.1, 0.15) is 0 Å². The van der Waals surface area contributed by atoms with E-state index in [4.69, 9.17) is 0 Å². The lowest BCUT2D eigenvalue weighted by Gasteiger charge is -2.38. The van der Waals surface area contributed by atoms with E-state index in [1.54, 1.807) is 0 Å². The normalized spacial score (nSPS) is 14.7. The van der Waals surface area contributed by atoms with Crippen molar-refractivity contribution < 1.29 is 0 Å². The van der Waals surface area contributed by atoms with Crippen LogP contribution in [0.15, 0.2) is 340 Å². The molecule has 0 unspecified atom stereocenters. The summed E-state index contributed by atoms with van der Waals surface area (Å²) in [5.41, 5.74) is 51.9. The first-order valence-corrected chi connectivity index (χ1v) is 42.9. The van der Waals surface area contributed by atoms with Crippen molar-refractivity contribution in [2.75, 3.05) is 19.6 Å². The zero-order chi connectivity index (χ0) is 78.5. The van der Waals surface area contributed by atoms with E-state index in [9.17, 15) is 0 Å². The lowest BCUT2D eigenvalue weighted by molar-refractivity contribution is 0.740. The van der Waals surface area contributed by atoms with E-state index in [0.29, 0.717) is 0 Å². The fraction of sp³-hybridized carbons (Fsp3) is 0.158. The maximum Gasteiger partial charge on any atom is 0.0715 e. The average Bonchev–Trinajstić information content (AvgIpc) is 1.52. The zero-order valence-corrected chi connectivity index (χ0v) is 67.6. The van der Waals surface area contributed by atoms with Gasteiger partial charge in [0.15, 0.2) is 0 Å². The number of nitrogens with zero attached hydrogens (tertiary/aromatic N) is 4. The number of anilines is 12. The number of hydrogen-bond acceptors (Lipinski definition) is 4. The first-order chi connectivity index (χ1) is 58.0. The molecule has 0 heterocycles. The minimum Gasteiger partial charge on any atom is -0.310 e. The van der Waals surface area contributed by atoms with Crippen molar-refractivity contribution in [2.24, 2.45) is 0 Å². The summed E-state index contributed by atoms with van der Waals surface area (Å²) in [6.07, 6.45) is 13.9. The zero-order valence-electron chi connectivity index (χ0n) is 67.6. The second kappa shape index (κ2) is 27.7. The Morgan fingerprint density at radius 2 is 0.347 bits per heavy atom. The van der Waals surface area contributed by atoms with Gasteiger partial charge in [-0.25, -0.2) is 0 Å². The van der Waals surface area contributed by atoms with Gasteiger partial charge in [0, 0.05) is 68.2 Å². The monoisotopic (exact) mass is 1520 g/mol. The predicted molar refractivity (Wildman–Crippen MR) is 490 cm³/mol. The third-order valence-corrected chi connectivity index (χ3v) is 27.9. The largest absolute Gasteiger partial charge is 0.310 e. The van der Waals surface area contributed by atoms with Crippen molar-refractivity contribution in [3.8, 4) is 22.3 Å². The fourth-order valence-electron chi connectivity index (χ4n) is 20.8. The van der Waals surface area contributed by atoms with Gasteiger partial charge < -0.3 is 19.6 Å². The molecule has 4 nitrogen and oxygen atoms in total. The molecule has 118 heavy (non-hydrogen) atoms. The Morgan fingerprint density at radius 3 is 0.568 bits per heavy atom. The molecule has 16 aromatic carbocycles. The number of fused-ring (bicyclic) bond motifs is 12. The van der Waals surface area contributed by atoms with Crippen LogP contribution < -0.4 is 19.6 Å². The molecule has 16 aromatic rings. The van der Waals surface area contributed by atoms with Crippen molar-refractivity contribution in [3.05, 3.63) is 473 Å². The van der Waals surface area contributed by atoms with E-state index in [1.165, 1.54) is 216 Å². The first-order valence-electron chi connectivity index (χ1n) is 42.9. The van der Waals surface area contributed by atoms with Gasteiger partial charge >= 0.3 is 0 Å². The highest BCUT2D eigenvalue weighted by atomic mass is 15.2. The van der Waals surface area contributed by atoms with E-state index in [-0.39, 0.29) is 0 Å². The fourth-order valence-corrected chi connectivity index (χ4v) is 20.8. The molecule has 4 heteroatoms. The van der Waals surface area contributed by atoms with Gasteiger partial charge in [-0.05, 0) is 384 Å². The molecular formula is C114H92N4. The van der Waals surface area contributed by atoms with Crippen molar-refractivity contribution in [1.29, 1.82) is 0 Å². The summed E-state index contributed by atoms with van der Waals surface area (Å²) in [5, 5.41) is 0. The van der Waals surface area contributed by atoms with Gasteiger partial charge in [-0.1, -0.05) is 216 Å². The molecule has 8 aliphatic rings. The average molecular weight is 1520 g/mol. The molecule has 568 valence electrons. The summed E-state index contributed by atoms with van der Waals surface area (Å²) < 4.78 is 0. The molecule has 0 bridgehead atoms. The van der Waals surface area contributed by atoms with E-state index in [1.807, 2.05) is 0 Å². The molecule has 0 fully saturated rings. The molecule has 0 saturated heterocycles. The second-order valence-electron chi connectivity index (χ2n) is 34.6. The Balaban J connectivity index is 0.000000139. The van der Waals surface area contributed by atoms with Crippen LogP contribution in [0.2, 0.25) is 0 Å². The summed E-state index contributed by atoms with van der Waals surface area (Å²) in [4.78, 5) is 9.83. The standard InChI is InChI=1S/C59H48N2.C55H44N2/c1-37-3-21-49(22-4-37)60(51-25-17-41-9-13-45(41)33-51)53-27-29-55-56-30-28-54(61(50-23-5-38(2)6-24-50)52-26-18-42-10-14-46(42)34-52)36-58(56)59(57(55)35-53,47-19-15-39-7-11-43(39)31-47)48-20-16-40-8-12-44(40)32-48;1-37-13-25-47(26-14-37)56(45-9-5-3-6-10-45)49-29-31-51-52-32-30-50(57(46-11-7-4-8-12-46)48-27-15-38(2)16-28-48)36-54(52)55(53(51)35-49,43-23-21-39-17-19-41(39)33-43)44-24-22-40-18-20-42(40)34-44/h3-6,15-36H,7-14H2,1-2H3;3-16,21-36H,17-20H2,1-2H3. The van der Waals surface area contributed by atoms with Crippen molar-refractivity contribution >= 4 is 68.2 Å². The van der Waals surface area contributed by atoms with Gasteiger partial charge in [-0.2, -0.15) is 0 Å². The molecule has 0 aliphatic heterocycles. The molecular weight excluding hydrogens is 1430 g/mol. The third-order valence-electron chi connectivity index (χ3n) is 27.9. The minimum atomic E-state index is -0.544. The summed E-state index contributed by atoms with van der Waals surface area (Å²) >= 11 is 0. The quantitative estimate of drug-likeness (QED) is 0.0956. The SMILES string of the molecule is Cc1ccc(N(c2ccc3c(c2)CC3)c2ccc3c(c2)C(c2ccc4c(c2)CC4)(c2ccc4c(c2)CC4)c2cc(N(c4ccc(C)cc4)c4ccc5c(c4)CC5)ccc2-3)cc1.Cc1ccc(N(c2ccccc2)c2ccc3c(c2)C(c2ccc4c(c2)CC4)(c2ccc4c(c2)CC4)c2cc(N(c4ccccc4)c4ccc(C)cc4)ccc2-3)cc1. The van der Waals surface area contributed by atoms with Crippen molar-refractivity contribution in [3.63, 3.8) is 0 Å². The third kappa shape index (κ3) is 11.3. The summed E-state index contributed by atoms with van der Waals surface area (Å²) in [6.45, 7) is 8.68. The number of rotatable bonds is 16. The number of benzene rings is 16. The van der Waals surface area contributed by atoms with E-state index < -0.39 is 10.8 Å². The van der Waals surface area contributed by atoms with E-state index >= 15 is 0 Å². The van der Waals surface area contributed by atoms with Crippen LogP contribution in [0.25, 0.3) is 22.3 Å². The molecule has 24 rings (SSSR count). The molecule has 0 spiro atoms. The van der Waals surface area contributed by atoms with Crippen LogP contribution in [0.4, 0.5) is 68.2 Å². The molecule has 0 radical (unpaired) electrons. The number of para-hydroxylation sites is 2. The lowest BCUT2D eigenvalue weighted by Crippen LogP contribution is -2.31. The van der Waals surface area contributed by atoms with Gasteiger partial charge in [-0.15, -0.1) is 0 Å². The summed E-state index contributed by atoms with van der Waals surface area (Å²) in [7, 11) is 0. The van der Waals surface area contributed by atoms with Gasteiger partial charge in [0.25, 0.3) is 0 Å². The van der Waals surface area contributed by atoms with Crippen LogP contribution in [0.1, 0.15) is 134 Å². The Bertz CT molecular complexity index is 6320. The Hall–Kier alpha value is -13.3. The molecule has 0 N–H and O–H groups in total. The smallest absolute Gasteiger partial charge is 0.0715 e. The van der Waals surface area contributed by atoms with Crippen molar-refractivity contribution in [1.82, 2.24) is 0 Å². The van der Waals surface area contributed by atoms with E-state index in [0.717, 1.165) is 85.5 Å². The van der Waals surface area contributed by atoms with Crippen LogP contribution in [0.5, 0.6) is 0 Å². The predicted octanol–water partition coefficient (Wildman–Crippen LogP) is 27.8. The number of hydrogen-bond donors (Lipinski definition) is 0.